The van der Waals surface area contributed by atoms with Gasteiger partial charge in [0.2, 0.25) is 0 Å². The van der Waals surface area contributed by atoms with Crippen LogP contribution in [0.3, 0.4) is 0 Å². The Morgan fingerprint density at radius 2 is 2.09 bits per heavy atom. The zero-order valence-corrected chi connectivity index (χ0v) is 12.3. The van der Waals surface area contributed by atoms with Crippen LogP contribution in [0.5, 0.6) is 11.5 Å². The third kappa shape index (κ3) is 3.83. The molecule has 1 aromatic heterocycles. The summed E-state index contributed by atoms with van der Waals surface area (Å²) in [6.45, 7) is 1.83. The number of nitrogens with zero attached hydrogens (tertiary/aromatic N) is 1. The Kier molecular flexibility index (Phi) is 4.65. The second-order valence-corrected chi connectivity index (χ2v) is 5.31. The third-order valence-electron chi connectivity index (χ3n) is 3.58. The second-order valence-electron chi connectivity index (χ2n) is 5.31. The molecule has 0 spiro atoms. The first-order valence-corrected chi connectivity index (χ1v) is 7.52. The van der Waals surface area contributed by atoms with Crippen LogP contribution in [0, 0.1) is 0 Å². The van der Waals surface area contributed by atoms with E-state index in [1.807, 2.05) is 30.3 Å². The number of carbonyl (C=O) groups excluding carboxylic acids is 1. The van der Waals surface area contributed by atoms with Crippen molar-refractivity contribution in [2.75, 3.05) is 13.1 Å². The number of amides is 1. The van der Waals surface area contributed by atoms with E-state index in [1.54, 1.807) is 18.3 Å². The SMILES string of the molecule is O=C(NC1CCCNC1)c1cc(Oc2ccccc2)ccn1. The van der Waals surface area contributed by atoms with Crippen LogP contribution in [0.4, 0.5) is 0 Å². The standard InChI is InChI=1S/C17H19N3O2/c21-17(20-13-5-4-9-18-12-13)16-11-15(8-10-19-16)22-14-6-2-1-3-7-14/h1-3,6-8,10-11,13,18H,4-5,9,12H2,(H,20,21). The van der Waals surface area contributed by atoms with E-state index in [1.165, 1.54) is 0 Å². The van der Waals surface area contributed by atoms with Crippen LogP contribution < -0.4 is 15.4 Å². The normalized spacial score (nSPS) is 17.7. The van der Waals surface area contributed by atoms with Gasteiger partial charge >= 0.3 is 0 Å². The highest BCUT2D eigenvalue weighted by Gasteiger charge is 2.17. The molecule has 2 aromatic rings. The maximum Gasteiger partial charge on any atom is 0.270 e. The number of rotatable bonds is 4. The molecule has 5 nitrogen and oxygen atoms in total. The van der Waals surface area contributed by atoms with Crippen LogP contribution in [0.25, 0.3) is 0 Å². The summed E-state index contributed by atoms with van der Waals surface area (Å²) in [6.07, 6.45) is 3.67. The van der Waals surface area contributed by atoms with Crippen molar-refractivity contribution >= 4 is 5.91 Å². The number of carbonyl (C=O) groups is 1. The Balaban J connectivity index is 1.66. The molecule has 1 aliphatic heterocycles. The fourth-order valence-corrected chi connectivity index (χ4v) is 2.46. The first-order chi connectivity index (χ1) is 10.8. The van der Waals surface area contributed by atoms with Gasteiger partial charge in [0, 0.05) is 24.8 Å². The van der Waals surface area contributed by atoms with Crippen molar-refractivity contribution < 1.29 is 9.53 Å². The third-order valence-corrected chi connectivity index (χ3v) is 3.58. The van der Waals surface area contributed by atoms with E-state index in [-0.39, 0.29) is 11.9 Å². The first-order valence-electron chi connectivity index (χ1n) is 7.52. The molecule has 114 valence electrons. The zero-order valence-electron chi connectivity index (χ0n) is 12.3. The molecule has 1 saturated heterocycles. The van der Waals surface area contributed by atoms with Gasteiger partial charge in [-0.3, -0.25) is 9.78 Å². The molecular formula is C17H19N3O2. The molecule has 1 amide bonds. The number of pyridine rings is 1. The molecule has 0 saturated carbocycles. The van der Waals surface area contributed by atoms with E-state index in [0.29, 0.717) is 11.4 Å². The van der Waals surface area contributed by atoms with Crippen molar-refractivity contribution in [1.82, 2.24) is 15.6 Å². The minimum absolute atomic E-state index is 0.160. The highest BCUT2D eigenvalue weighted by molar-refractivity contribution is 5.92. The van der Waals surface area contributed by atoms with Crippen molar-refractivity contribution in [2.24, 2.45) is 0 Å². The van der Waals surface area contributed by atoms with Crippen LogP contribution in [-0.2, 0) is 0 Å². The smallest absolute Gasteiger partial charge is 0.270 e. The minimum atomic E-state index is -0.160. The first kappa shape index (κ1) is 14.5. The molecule has 1 unspecified atom stereocenters. The number of benzene rings is 1. The molecule has 0 bridgehead atoms. The van der Waals surface area contributed by atoms with E-state index >= 15 is 0 Å². The van der Waals surface area contributed by atoms with Gasteiger partial charge in [-0.2, -0.15) is 0 Å². The van der Waals surface area contributed by atoms with Gasteiger partial charge in [0.05, 0.1) is 0 Å². The van der Waals surface area contributed by atoms with Crippen molar-refractivity contribution in [3.8, 4) is 11.5 Å². The van der Waals surface area contributed by atoms with Crippen LogP contribution in [0.2, 0.25) is 0 Å². The Hall–Kier alpha value is -2.40. The van der Waals surface area contributed by atoms with E-state index in [0.717, 1.165) is 31.7 Å². The van der Waals surface area contributed by atoms with Crippen molar-refractivity contribution in [1.29, 1.82) is 0 Å². The van der Waals surface area contributed by atoms with Gasteiger partial charge in [-0.1, -0.05) is 18.2 Å². The molecule has 0 aliphatic carbocycles. The lowest BCUT2D eigenvalue weighted by Gasteiger charge is -2.23. The number of hydrogen-bond donors (Lipinski definition) is 2. The van der Waals surface area contributed by atoms with E-state index in [2.05, 4.69) is 15.6 Å². The lowest BCUT2D eigenvalue weighted by molar-refractivity contribution is 0.0925. The summed E-state index contributed by atoms with van der Waals surface area (Å²) < 4.78 is 5.73. The lowest BCUT2D eigenvalue weighted by atomic mass is 10.1. The molecule has 5 heteroatoms. The average Bonchev–Trinajstić information content (AvgIpc) is 2.57. The van der Waals surface area contributed by atoms with Crippen LogP contribution in [-0.4, -0.2) is 30.0 Å². The Morgan fingerprint density at radius 3 is 2.86 bits per heavy atom. The maximum atomic E-state index is 12.3. The van der Waals surface area contributed by atoms with Crippen LogP contribution >= 0.6 is 0 Å². The topological polar surface area (TPSA) is 63.2 Å². The highest BCUT2D eigenvalue weighted by Crippen LogP contribution is 2.20. The van der Waals surface area contributed by atoms with Gasteiger partial charge in [-0.05, 0) is 37.6 Å². The monoisotopic (exact) mass is 297 g/mol. The van der Waals surface area contributed by atoms with Crippen LogP contribution in [0.1, 0.15) is 23.3 Å². The highest BCUT2D eigenvalue weighted by atomic mass is 16.5. The Labute approximate surface area is 129 Å². The largest absolute Gasteiger partial charge is 0.457 e. The summed E-state index contributed by atoms with van der Waals surface area (Å²) in [7, 11) is 0. The number of ether oxygens (including phenoxy) is 1. The number of para-hydroxylation sites is 1. The Bertz CT molecular complexity index is 625. The predicted molar refractivity (Wildman–Crippen MR) is 84.1 cm³/mol. The van der Waals surface area contributed by atoms with Gasteiger partial charge in [0.25, 0.3) is 5.91 Å². The molecule has 1 aliphatic rings. The summed E-state index contributed by atoms with van der Waals surface area (Å²) in [6, 6.07) is 13.0. The molecule has 1 aromatic carbocycles. The lowest BCUT2D eigenvalue weighted by Crippen LogP contribution is -2.45. The van der Waals surface area contributed by atoms with Gasteiger partial charge < -0.3 is 15.4 Å². The molecule has 1 atom stereocenters. The molecule has 0 radical (unpaired) electrons. The second kappa shape index (κ2) is 7.04. The summed E-state index contributed by atoms with van der Waals surface area (Å²) in [5, 5.41) is 6.28. The number of piperidine rings is 1. The summed E-state index contributed by atoms with van der Waals surface area (Å²) in [5.74, 6) is 1.18. The van der Waals surface area contributed by atoms with E-state index in [4.69, 9.17) is 4.74 Å². The van der Waals surface area contributed by atoms with Crippen LogP contribution in [0.15, 0.2) is 48.7 Å². The number of aromatic nitrogens is 1. The van der Waals surface area contributed by atoms with E-state index < -0.39 is 0 Å². The molecule has 1 fully saturated rings. The van der Waals surface area contributed by atoms with Crippen molar-refractivity contribution in [3.63, 3.8) is 0 Å². The fraction of sp³-hybridized carbons (Fsp3) is 0.294. The average molecular weight is 297 g/mol. The molecule has 22 heavy (non-hydrogen) atoms. The zero-order chi connectivity index (χ0) is 15.2. The predicted octanol–water partition coefficient (Wildman–Crippen LogP) is 2.36. The number of hydrogen-bond acceptors (Lipinski definition) is 4. The molecular weight excluding hydrogens is 278 g/mol. The van der Waals surface area contributed by atoms with Crippen molar-refractivity contribution in [2.45, 2.75) is 18.9 Å². The minimum Gasteiger partial charge on any atom is -0.457 e. The number of nitrogens with one attached hydrogen (secondary N) is 2. The van der Waals surface area contributed by atoms with Gasteiger partial charge in [-0.25, -0.2) is 0 Å². The maximum absolute atomic E-state index is 12.3. The van der Waals surface area contributed by atoms with Crippen molar-refractivity contribution in [3.05, 3.63) is 54.4 Å². The summed E-state index contributed by atoms with van der Waals surface area (Å²) in [4.78, 5) is 16.4. The summed E-state index contributed by atoms with van der Waals surface area (Å²) in [5.41, 5.74) is 0.374. The Morgan fingerprint density at radius 1 is 1.23 bits per heavy atom. The van der Waals surface area contributed by atoms with E-state index in [9.17, 15) is 4.79 Å². The summed E-state index contributed by atoms with van der Waals surface area (Å²) >= 11 is 0. The quantitative estimate of drug-likeness (QED) is 0.909. The van der Waals surface area contributed by atoms with Gasteiger partial charge in [-0.15, -0.1) is 0 Å². The van der Waals surface area contributed by atoms with Gasteiger partial charge in [0.15, 0.2) is 0 Å². The molecule has 2 N–H and O–H groups in total. The van der Waals surface area contributed by atoms with Gasteiger partial charge in [0.1, 0.15) is 17.2 Å². The fourth-order valence-electron chi connectivity index (χ4n) is 2.46. The molecule has 2 heterocycles. The molecule has 3 rings (SSSR count).